The van der Waals surface area contributed by atoms with Gasteiger partial charge in [-0.15, -0.1) is 10.2 Å². The van der Waals surface area contributed by atoms with E-state index in [9.17, 15) is 4.79 Å². The maximum absolute atomic E-state index is 12.9. The van der Waals surface area contributed by atoms with Crippen LogP contribution in [0.25, 0.3) is 10.8 Å². The van der Waals surface area contributed by atoms with Crippen molar-refractivity contribution < 1.29 is 9.53 Å². The third kappa shape index (κ3) is 5.04. The molecule has 2 aromatic carbocycles. The number of aromatic nitrogens is 3. The molecule has 1 fully saturated rings. The van der Waals surface area contributed by atoms with Crippen LogP contribution >= 0.6 is 11.6 Å². The van der Waals surface area contributed by atoms with Gasteiger partial charge in [0.15, 0.2) is 11.5 Å². The SMILES string of the molecule is COc1ccc(Cl)cc1N1CCN(c2nnc(C(=O)NCCc3ccccn3)c3ccccc23)CC1. The van der Waals surface area contributed by atoms with E-state index >= 15 is 0 Å². The summed E-state index contributed by atoms with van der Waals surface area (Å²) in [5, 5.41) is 14.2. The fraction of sp³-hybridized carbons (Fsp3) is 0.259. The zero-order valence-corrected chi connectivity index (χ0v) is 20.8. The smallest absolute Gasteiger partial charge is 0.272 e. The number of methoxy groups -OCH3 is 1. The summed E-state index contributed by atoms with van der Waals surface area (Å²) in [4.78, 5) is 21.7. The highest BCUT2D eigenvalue weighted by molar-refractivity contribution is 6.31. The molecule has 5 rings (SSSR count). The van der Waals surface area contributed by atoms with Crippen LogP contribution in [0.3, 0.4) is 0 Å². The Balaban J connectivity index is 1.31. The largest absolute Gasteiger partial charge is 0.495 e. The first-order chi connectivity index (χ1) is 17.6. The molecule has 1 aliphatic heterocycles. The lowest BCUT2D eigenvalue weighted by Crippen LogP contribution is -2.47. The average molecular weight is 503 g/mol. The van der Waals surface area contributed by atoms with E-state index < -0.39 is 0 Å². The summed E-state index contributed by atoms with van der Waals surface area (Å²) in [6, 6.07) is 19.2. The van der Waals surface area contributed by atoms with Gasteiger partial charge in [-0.25, -0.2) is 0 Å². The summed E-state index contributed by atoms with van der Waals surface area (Å²) in [6.07, 6.45) is 2.40. The molecule has 0 atom stereocenters. The highest BCUT2D eigenvalue weighted by Gasteiger charge is 2.24. The fourth-order valence-electron chi connectivity index (χ4n) is 4.49. The van der Waals surface area contributed by atoms with Crippen molar-refractivity contribution in [3.63, 3.8) is 0 Å². The van der Waals surface area contributed by atoms with Crippen LogP contribution in [-0.4, -0.2) is 60.9 Å². The maximum atomic E-state index is 12.9. The molecule has 0 spiro atoms. The number of carbonyl (C=O) groups is 1. The van der Waals surface area contributed by atoms with Gasteiger partial charge in [0.25, 0.3) is 5.91 Å². The fourth-order valence-corrected chi connectivity index (χ4v) is 4.66. The van der Waals surface area contributed by atoms with Crippen LogP contribution in [0.4, 0.5) is 11.5 Å². The molecule has 184 valence electrons. The Bertz CT molecular complexity index is 1360. The zero-order chi connectivity index (χ0) is 24.9. The third-order valence-electron chi connectivity index (χ3n) is 6.34. The Morgan fingerprint density at radius 2 is 1.72 bits per heavy atom. The normalized spacial score (nSPS) is 13.6. The second-order valence-electron chi connectivity index (χ2n) is 8.54. The first-order valence-corrected chi connectivity index (χ1v) is 12.3. The number of pyridine rings is 1. The number of carbonyl (C=O) groups excluding carboxylic acids is 1. The van der Waals surface area contributed by atoms with E-state index in [1.54, 1.807) is 13.3 Å². The Labute approximate surface area is 214 Å². The monoisotopic (exact) mass is 502 g/mol. The van der Waals surface area contributed by atoms with Gasteiger partial charge in [-0.1, -0.05) is 41.9 Å². The number of fused-ring (bicyclic) bond motifs is 1. The molecular weight excluding hydrogens is 476 g/mol. The molecule has 36 heavy (non-hydrogen) atoms. The van der Waals surface area contributed by atoms with E-state index in [2.05, 4.69) is 30.3 Å². The molecule has 1 N–H and O–H groups in total. The zero-order valence-electron chi connectivity index (χ0n) is 20.0. The minimum Gasteiger partial charge on any atom is -0.495 e. The average Bonchev–Trinajstić information content (AvgIpc) is 2.93. The summed E-state index contributed by atoms with van der Waals surface area (Å²) >= 11 is 6.24. The van der Waals surface area contributed by atoms with Gasteiger partial charge < -0.3 is 19.9 Å². The molecule has 9 heteroatoms. The summed E-state index contributed by atoms with van der Waals surface area (Å²) in [6.45, 7) is 3.54. The van der Waals surface area contributed by atoms with Crippen molar-refractivity contribution in [2.24, 2.45) is 0 Å². The molecule has 1 aliphatic rings. The highest BCUT2D eigenvalue weighted by Crippen LogP contribution is 2.33. The number of piperazine rings is 1. The number of anilines is 2. The molecule has 1 amide bonds. The number of hydrogen-bond donors (Lipinski definition) is 1. The van der Waals surface area contributed by atoms with Crippen molar-refractivity contribution in [3.05, 3.63) is 83.3 Å². The van der Waals surface area contributed by atoms with Crippen LogP contribution in [-0.2, 0) is 6.42 Å². The first kappa shape index (κ1) is 23.8. The van der Waals surface area contributed by atoms with Gasteiger partial charge in [-0.3, -0.25) is 9.78 Å². The van der Waals surface area contributed by atoms with E-state index in [0.717, 1.165) is 59.9 Å². The van der Waals surface area contributed by atoms with Crippen molar-refractivity contribution in [1.82, 2.24) is 20.5 Å². The molecule has 0 radical (unpaired) electrons. The van der Waals surface area contributed by atoms with Gasteiger partial charge >= 0.3 is 0 Å². The lowest BCUT2D eigenvalue weighted by molar-refractivity contribution is 0.0950. The third-order valence-corrected chi connectivity index (χ3v) is 6.57. The minimum atomic E-state index is -0.237. The maximum Gasteiger partial charge on any atom is 0.272 e. The Morgan fingerprint density at radius 1 is 0.972 bits per heavy atom. The Hall–Kier alpha value is -3.91. The van der Waals surface area contributed by atoms with Gasteiger partial charge in [0.2, 0.25) is 0 Å². The Kier molecular flexibility index (Phi) is 7.13. The number of nitrogens with zero attached hydrogens (tertiary/aromatic N) is 5. The summed E-state index contributed by atoms with van der Waals surface area (Å²) in [5.41, 5.74) is 2.25. The molecule has 2 aromatic heterocycles. The number of ether oxygens (including phenoxy) is 1. The molecule has 1 saturated heterocycles. The second-order valence-corrected chi connectivity index (χ2v) is 8.97. The van der Waals surface area contributed by atoms with Crippen LogP contribution in [0.5, 0.6) is 5.75 Å². The molecule has 0 unspecified atom stereocenters. The van der Waals surface area contributed by atoms with E-state index in [1.165, 1.54) is 0 Å². The van der Waals surface area contributed by atoms with Crippen molar-refractivity contribution >= 4 is 39.8 Å². The van der Waals surface area contributed by atoms with Crippen LogP contribution in [0.1, 0.15) is 16.2 Å². The van der Waals surface area contributed by atoms with Gasteiger partial charge in [-0.05, 0) is 30.3 Å². The van der Waals surface area contributed by atoms with Crippen molar-refractivity contribution in [1.29, 1.82) is 0 Å². The van der Waals surface area contributed by atoms with Gasteiger partial charge in [0, 0.05) is 66.8 Å². The van der Waals surface area contributed by atoms with E-state index in [4.69, 9.17) is 16.3 Å². The predicted octanol–water partition coefficient (Wildman–Crippen LogP) is 3.99. The van der Waals surface area contributed by atoms with E-state index in [-0.39, 0.29) is 5.91 Å². The van der Waals surface area contributed by atoms with Gasteiger partial charge in [0.05, 0.1) is 12.8 Å². The molecule has 0 bridgehead atoms. The first-order valence-electron chi connectivity index (χ1n) is 11.9. The van der Waals surface area contributed by atoms with Crippen molar-refractivity contribution in [2.75, 3.05) is 49.6 Å². The minimum absolute atomic E-state index is 0.237. The van der Waals surface area contributed by atoms with Gasteiger partial charge in [-0.2, -0.15) is 0 Å². The standard InChI is InChI=1S/C27H27ClN6O2/c1-36-24-10-9-19(28)18-23(24)33-14-16-34(17-15-33)26-22-8-3-2-7-21(22)25(31-32-26)27(35)30-13-11-20-6-4-5-12-29-20/h2-10,12,18H,11,13-17H2,1H3,(H,30,35). The second kappa shape index (κ2) is 10.8. The summed E-state index contributed by atoms with van der Waals surface area (Å²) in [7, 11) is 1.67. The summed E-state index contributed by atoms with van der Waals surface area (Å²) in [5.74, 6) is 1.35. The summed E-state index contributed by atoms with van der Waals surface area (Å²) < 4.78 is 5.53. The molecule has 4 aromatic rings. The number of rotatable bonds is 7. The highest BCUT2D eigenvalue weighted by atomic mass is 35.5. The number of halogens is 1. The number of benzene rings is 2. The van der Waals surface area contributed by atoms with Crippen molar-refractivity contribution in [3.8, 4) is 5.75 Å². The Morgan fingerprint density at radius 3 is 2.47 bits per heavy atom. The molecule has 0 saturated carbocycles. The quantitative estimate of drug-likeness (QED) is 0.409. The number of hydrogen-bond acceptors (Lipinski definition) is 7. The molecule has 0 aliphatic carbocycles. The van der Waals surface area contributed by atoms with E-state index in [1.807, 2.05) is 60.7 Å². The van der Waals surface area contributed by atoms with Gasteiger partial charge in [0.1, 0.15) is 5.75 Å². The lowest BCUT2D eigenvalue weighted by atomic mass is 10.1. The van der Waals surface area contributed by atoms with Crippen LogP contribution in [0.15, 0.2) is 66.9 Å². The molecule has 3 heterocycles. The van der Waals surface area contributed by atoms with Crippen LogP contribution in [0, 0.1) is 0 Å². The molecule has 8 nitrogen and oxygen atoms in total. The predicted molar refractivity (Wildman–Crippen MR) is 142 cm³/mol. The van der Waals surface area contributed by atoms with E-state index in [0.29, 0.717) is 23.7 Å². The van der Waals surface area contributed by atoms with Crippen LogP contribution in [0.2, 0.25) is 5.02 Å². The number of nitrogens with one attached hydrogen (secondary N) is 1. The molecular formula is C27H27ClN6O2. The van der Waals surface area contributed by atoms with Crippen molar-refractivity contribution in [2.45, 2.75) is 6.42 Å². The lowest BCUT2D eigenvalue weighted by Gasteiger charge is -2.37. The van der Waals surface area contributed by atoms with Crippen LogP contribution < -0.4 is 19.9 Å². The number of amides is 1. The topological polar surface area (TPSA) is 83.5 Å².